The summed E-state index contributed by atoms with van der Waals surface area (Å²) in [4.78, 5) is 1.55. The van der Waals surface area contributed by atoms with Crippen molar-refractivity contribution in [3.8, 4) is 11.5 Å². The minimum Gasteiger partial charge on any atom is -0.458 e. The van der Waals surface area contributed by atoms with E-state index in [-0.39, 0.29) is 16.5 Å². The van der Waals surface area contributed by atoms with Crippen LogP contribution in [0.25, 0.3) is 0 Å². The second kappa shape index (κ2) is 9.57. The van der Waals surface area contributed by atoms with Gasteiger partial charge >= 0.3 is 23.7 Å². The number of hydrogen-bond donors (Lipinski definition) is 0. The molecule has 0 radical (unpaired) electrons. The second-order valence-corrected chi connectivity index (χ2v) is 15.1. The Morgan fingerprint density at radius 1 is 0.583 bits per heavy atom. The third kappa shape index (κ3) is 4.17. The standard InChI is InChI=1S/C37H32BF8NO/c1-19-14-28-31-30(15-19)48-29-13-9-20(32(2,3)4)16-26(29)38(31)25-12-8-21(33(5,6)7)17-27(25)47(28)22-10-11-23-24(18-22)35(41,42)37(45,46)36(43,44)34(23,39)40/h8-18H,1-7H3. The molecule has 0 bridgehead atoms. The van der Waals surface area contributed by atoms with Crippen LogP contribution in [0, 0.1) is 6.92 Å². The maximum absolute atomic E-state index is 15.3. The monoisotopic (exact) mass is 669 g/mol. The summed E-state index contributed by atoms with van der Waals surface area (Å²) in [6.07, 6.45) is 0. The van der Waals surface area contributed by atoms with Gasteiger partial charge in [0.2, 0.25) is 0 Å². The largest absolute Gasteiger partial charge is 0.458 e. The molecule has 4 aromatic carbocycles. The highest BCUT2D eigenvalue weighted by atomic mass is 19.4. The molecule has 1 aliphatic carbocycles. The summed E-state index contributed by atoms with van der Waals surface area (Å²) in [5.41, 5.74) is 1.41. The zero-order valence-corrected chi connectivity index (χ0v) is 27.3. The van der Waals surface area contributed by atoms with Gasteiger partial charge in [-0.25, -0.2) is 0 Å². The van der Waals surface area contributed by atoms with E-state index in [2.05, 4.69) is 26.8 Å². The summed E-state index contributed by atoms with van der Waals surface area (Å²) in [7, 11) is 0. The highest BCUT2D eigenvalue weighted by molar-refractivity contribution is 6.99. The quantitative estimate of drug-likeness (QED) is 0.128. The Bertz CT molecular complexity index is 2030. The van der Waals surface area contributed by atoms with E-state index in [0.29, 0.717) is 40.5 Å². The summed E-state index contributed by atoms with van der Waals surface area (Å²) in [5.74, 6) is -22.7. The lowest BCUT2D eigenvalue weighted by atomic mass is 9.34. The Labute approximate surface area is 273 Å². The molecule has 0 N–H and O–H groups in total. The SMILES string of the molecule is Cc1cc2c3c(c1)N(c1ccc4c(c1)C(F)(F)C(F)(F)C(F)(F)C4(F)F)c1cc(C(C)(C)C)ccc1B3c1cc(C(C)(C)C)ccc1O2. The summed E-state index contributed by atoms with van der Waals surface area (Å²) < 4.78 is 125. The third-order valence-corrected chi connectivity index (χ3v) is 9.77. The van der Waals surface area contributed by atoms with Crippen molar-refractivity contribution in [1.82, 2.24) is 0 Å². The fourth-order valence-corrected chi connectivity index (χ4v) is 7.03. The van der Waals surface area contributed by atoms with E-state index in [0.717, 1.165) is 33.7 Å². The molecule has 2 heterocycles. The fraction of sp³-hybridized carbons (Fsp3) is 0.351. The predicted molar refractivity (Wildman–Crippen MR) is 172 cm³/mol. The molecule has 3 aliphatic rings. The molecule has 0 fully saturated rings. The van der Waals surface area contributed by atoms with E-state index in [1.54, 1.807) is 17.9 Å². The smallest absolute Gasteiger partial charge is 0.382 e. The molecule has 0 unspecified atom stereocenters. The molecule has 2 aliphatic heterocycles. The predicted octanol–water partition coefficient (Wildman–Crippen LogP) is 9.46. The molecule has 0 saturated heterocycles. The summed E-state index contributed by atoms with van der Waals surface area (Å²) in [6, 6.07) is 17.3. The lowest BCUT2D eigenvalue weighted by Gasteiger charge is -2.44. The molecule has 0 saturated carbocycles. The number of fused-ring (bicyclic) bond motifs is 5. The number of hydrogen-bond acceptors (Lipinski definition) is 2. The van der Waals surface area contributed by atoms with Gasteiger partial charge in [-0.3, -0.25) is 0 Å². The Balaban J connectivity index is 1.54. The van der Waals surface area contributed by atoms with Crippen LogP contribution in [0.2, 0.25) is 0 Å². The van der Waals surface area contributed by atoms with E-state index in [1.807, 2.05) is 57.2 Å². The van der Waals surface area contributed by atoms with E-state index in [1.165, 1.54) is 0 Å². The highest BCUT2D eigenvalue weighted by Gasteiger charge is 2.85. The highest BCUT2D eigenvalue weighted by Crippen LogP contribution is 2.65. The van der Waals surface area contributed by atoms with Gasteiger partial charge in [-0.05, 0) is 87.2 Å². The van der Waals surface area contributed by atoms with Crippen LogP contribution >= 0.6 is 0 Å². The number of halogens is 8. The number of ether oxygens (including phenoxy) is 1. The number of nitrogens with zero attached hydrogens (tertiary/aromatic N) is 1. The third-order valence-electron chi connectivity index (χ3n) is 9.77. The minimum absolute atomic E-state index is 0.168. The average molecular weight is 669 g/mol. The van der Waals surface area contributed by atoms with E-state index < -0.39 is 41.5 Å². The normalized spacial score (nSPS) is 19.5. The van der Waals surface area contributed by atoms with Crippen LogP contribution in [0.1, 0.15) is 69.4 Å². The topological polar surface area (TPSA) is 12.5 Å². The van der Waals surface area contributed by atoms with Crippen molar-refractivity contribution in [3.05, 3.63) is 94.5 Å². The van der Waals surface area contributed by atoms with E-state index in [4.69, 9.17) is 4.74 Å². The molecule has 2 nitrogen and oxygen atoms in total. The molecule has 0 aromatic heterocycles. The minimum atomic E-state index is -6.36. The molecular weight excluding hydrogens is 637 g/mol. The van der Waals surface area contributed by atoms with Gasteiger partial charge in [-0.2, -0.15) is 35.1 Å². The molecule has 11 heteroatoms. The Morgan fingerprint density at radius 3 is 1.79 bits per heavy atom. The van der Waals surface area contributed by atoms with Gasteiger partial charge in [0.1, 0.15) is 11.5 Å². The van der Waals surface area contributed by atoms with Crippen LogP contribution in [0.5, 0.6) is 11.5 Å². The summed E-state index contributed by atoms with van der Waals surface area (Å²) in [5, 5.41) is 0. The number of rotatable bonds is 1. The van der Waals surface area contributed by atoms with Crippen LogP contribution in [-0.2, 0) is 22.7 Å². The van der Waals surface area contributed by atoms with Crippen molar-refractivity contribution < 1.29 is 39.9 Å². The van der Waals surface area contributed by atoms with Crippen LogP contribution in [0.4, 0.5) is 52.2 Å². The zero-order valence-electron chi connectivity index (χ0n) is 27.3. The first-order valence-corrected chi connectivity index (χ1v) is 15.6. The van der Waals surface area contributed by atoms with Gasteiger partial charge in [0, 0.05) is 28.2 Å². The number of alkyl halides is 8. The molecule has 250 valence electrons. The van der Waals surface area contributed by atoms with Gasteiger partial charge in [0.05, 0.1) is 0 Å². The van der Waals surface area contributed by atoms with Crippen LogP contribution in [0.15, 0.2) is 66.7 Å². The maximum atomic E-state index is 15.3. The van der Waals surface area contributed by atoms with Crippen molar-refractivity contribution in [2.45, 2.75) is 83.0 Å². The average Bonchev–Trinajstić information content (AvgIpc) is 2.98. The van der Waals surface area contributed by atoms with E-state index in [9.17, 15) is 26.3 Å². The Hall–Kier alpha value is -4.02. The van der Waals surface area contributed by atoms with Crippen LogP contribution < -0.4 is 26.0 Å². The van der Waals surface area contributed by atoms with Gasteiger partial charge in [-0.1, -0.05) is 71.9 Å². The molecule has 0 spiro atoms. The maximum Gasteiger partial charge on any atom is 0.382 e. The van der Waals surface area contributed by atoms with Crippen LogP contribution in [-0.4, -0.2) is 18.6 Å². The molecule has 0 atom stereocenters. The molecule has 0 amide bonds. The van der Waals surface area contributed by atoms with Gasteiger partial charge in [0.15, 0.2) is 0 Å². The van der Waals surface area contributed by atoms with Crippen molar-refractivity contribution in [1.29, 1.82) is 0 Å². The molecule has 4 aromatic rings. The van der Waals surface area contributed by atoms with Gasteiger partial charge in [-0.15, -0.1) is 0 Å². The number of anilines is 3. The van der Waals surface area contributed by atoms with Gasteiger partial charge in [0.25, 0.3) is 6.71 Å². The molecule has 7 rings (SSSR count). The van der Waals surface area contributed by atoms with Gasteiger partial charge < -0.3 is 9.64 Å². The van der Waals surface area contributed by atoms with Crippen molar-refractivity contribution in [2.75, 3.05) is 4.90 Å². The Kier molecular flexibility index (Phi) is 6.48. The van der Waals surface area contributed by atoms with Crippen molar-refractivity contribution in [2.24, 2.45) is 0 Å². The van der Waals surface area contributed by atoms with Crippen molar-refractivity contribution >= 4 is 40.2 Å². The lowest BCUT2D eigenvalue weighted by Crippen LogP contribution is -2.63. The summed E-state index contributed by atoms with van der Waals surface area (Å²) >= 11 is 0. The second-order valence-electron chi connectivity index (χ2n) is 15.1. The number of benzene rings is 4. The van der Waals surface area contributed by atoms with Crippen LogP contribution in [0.3, 0.4) is 0 Å². The molecule has 48 heavy (non-hydrogen) atoms. The van der Waals surface area contributed by atoms with E-state index >= 15 is 8.78 Å². The summed E-state index contributed by atoms with van der Waals surface area (Å²) in [6.45, 7) is 13.6. The number of aryl methyl sites for hydroxylation is 1. The lowest BCUT2D eigenvalue weighted by molar-refractivity contribution is -0.386. The first-order valence-electron chi connectivity index (χ1n) is 15.6. The first kappa shape index (κ1) is 32.5. The van der Waals surface area contributed by atoms with Crippen molar-refractivity contribution in [3.63, 3.8) is 0 Å². The molecular formula is C37H32BF8NO. The first-order chi connectivity index (χ1) is 22.0. The zero-order chi connectivity index (χ0) is 35.1. The fourth-order valence-electron chi connectivity index (χ4n) is 7.03. The Morgan fingerprint density at radius 2 is 1.17 bits per heavy atom.